The van der Waals surface area contributed by atoms with Gasteiger partial charge in [0.25, 0.3) is 0 Å². The van der Waals surface area contributed by atoms with E-state index >= 15 is 0 Å². The Bertz CT molecular complexity index is 442. The zero-order valence-corrected chi connectivity index (χ0v) is 12.8. The number of carbonyl (C=O) groups is 4. The quantitative estimate of drug-likeness (QED) is 0.436. The van der Waals surface area contributed by atoms with Crippen molar-refractivity contribution >= 4 is 23.9 Å². The van der Waals surface area contributed by atoms with Crippen LogP contribution in [-0.2, 0) is 14.4 Å². The lowest BCUT2D eigenvalue weighted by Crippen LogP contribution is -2.52. The average Bonchev–Trinajstić information content (AvgIpc) is 2.31. The molecule has 0 spiro atoms. The summed E-state index contributed by atoms with van der Waals surface area (Å²) in [6.45, 7) is 5.40. The smallest absolute Gasteiger partial charge is 0.326 e. The molecule has 0 bridgehead atoms. The fourth-order valence-electron chi connectivity index (χ4n) is 1.70. The number of hydrogen-bond acceptors (Lipinski definition) is 4. The summed E-state index contributed by atoms with van der Waals surface area (Å²) in [6, 6.07) is -3.54. The molecule has 0 radical (unpaired) electrons. The lowest BCUT2D eigenvalue weighted by Gasteiger charge is -2.24. The Hall–Kier alpha value is -2.32. The summed E-state index contributed by atoms with van der Waals surface area (Å²) in [7, 11) is 0. The Balaban J connectivity index is 4.68. The van der Waals surface area contributed by atoms with Gasteiger partial charge in [-0.25, -0.2) is 14.4 Å². The molecule has 2 amide bonds. The van der Waals surface area contributed by atoms with Crippen molar-refractivity contribution in [3.8, 4) is 0 Å². The van der Waals surface area contributed by atoms with Crippen molar-refractivity contribution in [1.29, 1.82) is 0 Å². The predicted octanol–water partition coefficient (Wildman–Crippen LogP) is 0.493. The molecule has 9 nitrogen and oxygen atoms in total. The van der Waals surface area contributed by atoms with Gasteiger partial charge >= 0.3 is 23.9 Å². The Kier molecular flexibility index (Phi) is 7.34. The number of nitrogens with one attached hydrogen (secondary N) is 2. The second-order valence-corrected chi connectivity index (χ2v) is 6.10. The highest BCUT2D eigenvalue weighted by Crippen LogP contribution is 2.20. The van der Waals surface area contributed by atoms with Crippen LogP contribution < -0.4 is 10.6 Å². The molecule has 0 rings (SSSR count). The van der Waals surface area contributed by atoms with Crippen LogP contribution in [0.25, 0.3) is 0 Å². The maximum Gasteiger partial charge on any atom is 0.326 e. The van der Waals surface area contributed by atoms with Crippen molar-refractivity contribution in [2.24, 2.45) is 5.41 Å². The van der Waals surface area contributed by atoms with Gasteiger partial charge in [0.1, 0.15) is 12.1 Å². The molecule has 0 aliphatic rings. The molecule has 2 atom stereocenters. The highest BCUT2D eigenvalue weighted by Gasteiger charge is 2.28. The molecule has 0 fully saturated rings. The van der Waals surface area contributed by atoms with Crippen molar-refractivity contribution < 1.29 is 34.5 Å². The summed E-state index contributed by atoms with van der Waals surface area (Å²) in [5.41, 5.74) is -0.355. The largest absolute Gasteiger partial charge is 0.481 e. The summed E-state index contributed by atoms with van der Waals surface area (Å²) in [5.74, 6) is -3.81. The van der Waals surface area contributed by atoms with E-state index in [4.69, 9.17) is 15.3 Å². The molecule has 0 heterocycles. The number of carboxylic acids is 3. The molecule has 0 aromatic heterocycles. The molecule has 0 aromatic rings. The monoisotopic (exact) mass is 318 g/mol. The fourth-order valence-corrected chi connectivity index (χ4v) is 1.70. The van der Waals surface area contributed by atoms with Gasteiger partial charge in [-0.2, -0.15) is 0 Å². The normalized spacial score (nSPS) is 13.8. The van der Waals surface area contributed by atoms with Crippen LogP contribution in [-0.4, -0.2) is 51.3 Å². The molecule has 0 aromatic carbocycles. The molecule has 0 saturated carbocycles. The maximum atomic E-state index is 11.7. The Morgan fingerprint density at radius 1 is 0.909 bits per heavy atom. The van der Waals surface area contributed by atoms with E-state index in [0.29, 0.717) is 0 Å². The van der Waals surface area contributed by atoms with E-state index in [1.54, 1.807) is 20.8 Å². The minimum absolute atomic E-state index is 0.155. The number of amides is 2. The van der Waals surface area contributed by atoms with Gasteiger partial charge in [0.2, 0.25) is 0 Å². The van der Waals surface area contributed by atoms with Gasteiger partial charge in [-0.05, 0) is 18.3 Å². The van der Waals surface area contributed by atoms with Gasteiger partial charge in [0, 0.05) is 6.42 Å². The first kappa shape index (κ1) is 19.7. The van der Waals surface area contributed by atoms with Gasteiger partial charge < -0.3 is 26.0 Å². The standard InChI is InChI=1S/C13H22N2O7/c1-13(2,3)6-8(11(20)21)15-12(22)14-7(10(18)19)4-5-9(16)17/h7-8H,4-6H2,1-3H3,(H,16,17)(H,18,19)(H,20,21)(H2,14,15,22)/t7-,8-/m0/s1. The second kappa shape index (κ2) is 8.20. The van der Waals surface area contributed by atoms with Crippen molar-refractivity contribution in [1.82, 2.24) is 10.6 Å². The lowest BCUT2D eigenvalue weighted by molar-refractivity contribution is -0.141. The fraction of sp³-hybridized carbons (Fsp3) is 0.692. The number of carboxylic acid groups (broad SMARTS) is 3. The zero-order valence-electron chi connectivity index (χ0n) is 12.8. The van der Waals surface area contributed by atoms with Gasteiger partial charge in [0.15, 0.2) is 0 Å². The topological polar surface area (TPSA) is 153 Å². The van der Waals surface area contributed by atoms with Gasteiger partial charge in [-0.3, -0.25) is 4.79 Å². The first-order valence-electron chi connectivity index (χ1n) is 6.67. The minimum atomic E-state index is -1.40. The van der Waals surface area contributed by atoms with E-state index in [2.05, 4.69) is 10.6 Å². The molecule has 126 valence electrons. The molecule has 0 aliphatic carbocycles. The van der Waals surface area contributed by atoms with Crippen LogP contribution in [0.3, 0.4) is 0 Å². The van der Waals surface area contributed by atoms with E-state index in [-0.39, 0.29) is 18.3 Å². The summed E-state index contributed by atoms with van der Waals surface area (Å²) < 4.78 is 0. The van der Waals surface area contributed by atoms with Crippen LogP contribution in [0, 0.1) is 5.41 Å². The third kappa shape index (κ3) is 8.77. The van der Waals surface area contributed by atoms with Crippen molar-refractivity contribution in [3.63, 3.8) is 0 Å². The highest BCUT2D eigenvalue weighted by molar-refractivity contribution is 5.86. The third-order valence-corrected chi connectivity index (χ3v) is 2.67. The minimum Gasteiger partial charge on any atom is -0.481 e. The molecular weight excluding hydrogens is 296 g/mol. The van der Waals surface area contributed by atoms with E-state index in [1.165, 1.54) is 0 Å². The molecule has 22 heavy (non-hydrogen) atoms. The third-order valence-electron chi connectivity index (χ3n) is 2.67. The van der Waals surface area contributed by atoms with Crippen LogP contribution in [0.4, 0.5) is 4.79 Å². The molecular formula is C13H22N2O7. The van der Waals surface area contributed by atoms with E-state index in [0.717, 1.165) is 0 Å². The zero-order chi connectivity index (χ0) is 17.5. The van der Waals surface area contributed by atoms with E-state index < -0.39 is 42.4 Å². The Labute approximate surface area is 127 Å². The van der Waals surface area contributed by atoms with Crippen molar-refractivity contribution in [2.45, 2.75) is 52.1 Å². The molecule has 9 heteroatoms. The number of urea groups is 1. The molecule has 0 unspecified atom stereocenters. The molecule has 5 N–H and O–H groups in total. The Morgan fingerprint density at radius 2 is 1.36 bits per heavy atom. The van der Waals surface area contributed by atoms with Crippen molar-refractivity contribution in [2.75, 3.05) is 0 Å². The lowest BCUT2D eigenvalue weighted by atomic mass is 9.88. The van der Waals surface area contributed by atoms with Crippen LogP contribution in [0.1, 0.15) is 40.0 Å². The highest BCUT2D eigenvalue weighted by atomic mass is 16.4. The van der Waals surface area contributed by atoms with E-state index in [9.17, 15) is 19.2 Å². The van der Waals surface area contributed by atoms with Crippen LogP contribution in [0.2, 0.25) is 0 Å². The first-order valence-corrected chi connectivity index (χ1v) is 6.67. The van der Waals surface area contributed by atoms with Crippen LogP contribution in [0.5, 0.6) is 0 Å². The summed E-state index contributed by atoms with van der Waals surface area (Å²) in [5, 5.41) is 30.8. The van der Waals surface area contributed by atoms with E-state index in [1.807, 2.05) is 0 Å². The molecule has 0 aliphatic heterocycles. The molecule has 0 saturated heterocycles. The Morgan fingerprint density at radius 3 is 1.73 bits per heavy atom. The second-order valence-electron chi connectivity index (χ2n) is 6.10. The number of hydrogen-bond donors (Lipinski definition) is 5. The van der Waals surface area contributed by atoms with Gasteiger partial charge in [-0.1, -0.05) is 20.8 Å². The average molecular weight is 318 g/mol. The maximum absolute atomic E-state index is 11.7. The van der Waals surface area contributed by atoms with Crippen LogP contribution in [0.15, 0.2) is 0 Å². The SMILES string of the molecule is CC(C)(C)C[C@H](NC(=O)N[C@@H](CCC(=O)O)C(=O)O)C(=O)O. The van der Waals surface area contributed by atoms with Gasteiger partial charge in [0.05, 0.1) is 0 Å². The van der Waals surface area contributed by atoms with Crippen molar-refractivity contribution in [3.05, 3.63) is 0 Å². The summed E-state index contributed by atoms with van der Waals surface area (Å²) >= 11 is 0. The van der Waals surface area contributed by atoms with Crippen LogP contribution >= 0.6 is 0 Å². The predicted molar refractivity (Wildman–Crippen MR) is 75.5 cm³/mol. The summed E-state index contributed by atoms with van der Waals surface area (Å²) in [4.78, 5) is 44.2. The number of carbonyl (C=O) groups excluding carboxylic acids is 1. The number of aliphatic carboxylic acids is 3. The summed E-state index contributed by atoms with van der Waals surface area (Å²) in [6.07, 6.45) is -0.570. The van der Waals surface area contributed by atoms with Gasteiger partial charge in [-0.15, -0.1) is 0 Å². The number of rotatable bonds is 8. The first-order chi connectivity index (χ1) is 9.92.